The second-order valence-electron chi connectivity index (χ2n) is 5.97. The number of methoxy groups -OCH3 is 1. The van der Waals surface area contributed by atoms with Gasteiger partial charge in [0.1, 0.15) is 12.2 Å². The quantitative estimate of drug-likeness (QED) is 0.626. The average molecular weight is 363 g/mol. The number of aromatic nitrogens is 3. The third-order valence-corrected chi connectivity index (χ3v) is 4.60. The Kier molecular flexibility index (Phi) is 5.88. The Labute approximate surface area is 152 Å². The van der Waals surface area contributed by atoms with Crippen LogP contribution in [0.3, 0.4) is 0 Å². The van der Waals surface area contributed by atoms with E-state index in [9.17, 15) is 0 Å². The molecule has 0 radical (unpaired) electrons. The zero-order chi connectivity index (χ0) is 17.6. The van der Waals surface area contributed by atoms with Gasteiger partial charge in [0, 0.05) is 38.2 Å². The highest BCUT2D eigenvalue weighted by Gasteiger charge is 2.21. The number of hydrogen-bond donors (Lipinski definition) is 2. The highest BCUT2D eigenvalue weighted by Crippen LogP contribution is 2.18. The van der Waals surface area contributed by atoms with Crippen LogP contribution in [0.25, 0.3) is 0 Å². The summed E-state index contributed by atoms with van der Waals surface area (Å²) < 4.78 is 7.53. The van der Waals surface area contributed by atoms with Gasteiger partial charge in [-0.2, -0.15) is 5.10 Å². The van der Waals surface area contributed by atoms with Crippen molar-refractivity contribution in [2.75, 3.05) is 20.7 Å². The molecule has 0 spiro atoms. The Bertz CT molecular complexity index is 714. The third-order valence-electron chi connectivity index (χ3n) is 4.35. The summed E-state index contributed by atoms with van der Waals surface area (Å²) in [7, 11) is 3.47. The van der Waals surface area contributed by atoms with Gasteiger partial charge in [-0.1, -0.05) is 23.7 Å². The van der Waals surface area contributed by atoms with Crippen LogP contribution >= 0.6 is 11.6 Å². The van der Waals surface area contributed by atoms with Gasteiger partial charge in [0.15, 0.2) is 5.96 Å². The number of rotatable bonds is 5. The highest BCUT2D eigenvalue weighted by molar-refractivity contribution is 6.30. The average Bonchev–Trinajstić information content (AvgIpc) is 3.10. The second kappa shape index (κ2) is 8.31. The predicted octanol–water partition coefficient (Wildman–Crippen LogP) is 1.80. The van der Waals surface area contributed by atoms with Crippen LogP contribution in [0.15, 0.2) is 35.6 Å². The van der Waals surface area contributed by atoms with Gasteiger partial charge in [0.05, 0.1) is 12.6 Å². The summed E-state index contributed by atoms with van der Waals surface area (Å²) >= 11 is 5.95. The molecule has 0 saturated heterocycles. The molecule has 2 aromatic rings. The van der Waals surface area contributed by atoms with Gasteiger partial charge < -0.3 is 15.4 Å². The van der Waals surface area contributed by atoms with Gasteiger partial charge in [-0.15, -0.1) is 0 Å². The van der Waals surface area contributed by atoms with Crippen molar-refractivity contribution >= 4 is 17.6 Å². The molecule has 1 aliphatic rings. The summed E-state index contributed by atoms with van der Waals surface area (Å²) in [5.41, 5.74) is 1.07. The van der Waals surface area contributed by atoms with Gasteiger partial charge in [-0.05, 0) is 24.1 Å². The molecule has 0 saturated carbocycles. The van der Waals surface area contributed by atoms with E-state index in [1.165, 1.54) is 0 Å². The number of hydrogen-bond acceptors (Lipinski definition) is 4. The van der Waals surface area contributed by atoms with E-state index in [1.54, 1.807) is 20.5 Å². The predicted molar refractivity (Wildman–Crippen MR) is 97.8 cm³/mol. The topological polar surface area (TPSA) is 76.4 Å². The molecule has 0 fully saturated rings. The van der Waals surface area contributed by atoms with E-state index in [1.807, 2.05) is 28.9 Å². The molecule has 0 bridgehead atoms. The van der Waals surface area contributed by atoms with Gasteiger partial charge in [0.25, 0.3) is 0 Å². The minimum absolute atomic E-state index is 0.0795. The molecule has 2 unspecified atom stereocenters. The van der Waals surface area contributed by atoms with Crippen LogP contribution in [0.4, 0.5) is 0 Å². The summed E-state index contributed by atoms with van der Waals surface area (Å²) in [6, 6.07) is 7.96. The van der Waals surface area contributed by atoms with Crippen molar-refractivity contribution in [2.45, 2.75) is 31.5 Å². The number of nitrogens with zero attached hydrogens (tertiary/aromatic N) is 4. The smallest absolute Gasteiger partial charge is 0.191 e. The molecule has 8 heteroatoms. The summed E-state index contributed by atoms with van der Waals surface area (Å²) in [4.78, 5) is 8.57. The fourth-order valence-electron chi connectivity index (χ4n) is 2.95. The van der Waals surface area contributed by atoms with E-state index in [-0.39, 0.29) is 12.1 Å². The molecule has 1 aromatic carbocycles. The van der Waals surface area contributed by atoms with E-state index in [0.717, 1.165) is 36.7 Å². The molecule has 134 valence electrons. The lowest BCUT2D eigenvalue weighted by atomic mass is 10.1. The molecule has 1 aliphatic heterocycles. The normalized spacial score (nSPS) is 18.5. The van der Waals surface area contributed by atoms with Crippen LogP contribution in [0, 0.1) is 0 Å². The maximum Gasteiger partial charge on any atom is 0.191 e. The third kappa shape index (κ3) is 4.49. The number of nitrogens with one attached hydrogen (secondary N) is 2. The Balaban J connectivity index is 1.54. The molecule has 1 aromatic heterocycles. The van der Waals surface area contributed by atoms with Crippen molar-refractivity contribution < 1.29 is 4.74 Å². The highest BCUT2D eigenvalue weighted by atomic mass is 35.5. The number of fused-ring (bicyclic) bond motifs is 1. The van der Waals surface area contributed by atoms with Crippen LogP contribution in [-0.4, -0.2) is 47.5 Å². The Morgan fingerprint density at radius 1 is 1.44 bits per heavy atom. The number of guanidine groups is 1. The lowest BCUT2D eigenvalue weighted by Crippen LogP contribution is -2.48. The van der Waals surface area contributed by atoms with Crippen molar-refractivity contribution in [1.29, 1.82) is 0 Å². The Morgan fingerprint density at radius 3 is 2.96 bits per heavy atom. The molecule has 0 amide bonds. The zero-order valence-electron chi connectivity index (χ0n) is 14.4. The molecule has 2 atom stereocenters. The SMILES string of the molecule is CN=C(NCC(OC)c1ccc(Cl)cc1)NC1CCc2ncnn2C1. The van der Waals surface area contributed by atoms with Crippen LogP contribution in [0.5, 0.6) is 0 Å². The Morgan fingerprint density at radius 2 is 2.24 bits per heavy atom. The first-order valence-corrected chi connectivity index (χ1v) is 8.69. The first-order valence-electron chi connectivity index (χ1n) is 8.31. The van der Waals surface area contributed by atoms with Crippen LogP contribution < -0.4 is 10.6 Å². The zero-order valence-corrected chi connectivity index (χ0v) is 15.2. The van der Waals surface area contributed by atoms with Crippen LogP contribution in [0.2, 0.25) is 5.02 Å². The fraction of sp³-hybridized carbons (Fsp3) is 0.471. The number of benzene rings is 1. The molecule has 2 N–H and O–H groups in total. The molecule has 3 rings (SSSR count). The monoisotopic (exact) mass is 362 g/mol. The largest absolute Gasteiger partial charge is 0.375 e. The minimum atomic E-state index is -0.0795. The second-order valence-corrected chi connectivity index (χ2v) is 6.40. The van der Waals surface area contributed by atoms with E-state index >= 15 is 0 Å². The van der Waals surface area contributed by atoms with Crippen molar-refractivity contribution in [3.8, 4) is 0 Å². The van der Waals surface area contributed by atoms with Gasteiger partial charge in [-0.3, -0.25) is 4.99 Å². The molecule has 25 heavy (non-hydrogen) atoms. The standard InChI is InChI=1S/C17H23ClN6O/c1-19-17(23-14-7-8-16-21-11-22-24(16)10-14)20-9-15(25-2)12-3-5-13(18)6-4-12/h3-6,11,14-15H,7-10H2,1-2H3,(H2,19,20,23). The number of aryl methyl sites for hydroxylation is 1. The lowest BCUT2D eigenvalue weighted by Gasteiger charge is -2.26. The first-order chi connectivity index (χ1) is 12.2. The molecular weight excluding hydrogens is 340 g/mol. The summed E-state index contributed by atoms with van der Waals surface area (Å²) in [6.07, 6.45) is 3.45. The molecular formula is C17H23ClN6O. The summed E-state index contributed by atoms with van der Waals surface area (Å²) in [5.74, 6) is 1.80. The molecule has 2 heterocycles. The van der Waals surface area contributed by atoms with E-state index in [4.69, 9.17) is 16.3 Å². The maximum absolute atomic E-state index is 5.95. The van der Waals surface area contributed by atoms with Crippen LogP contribution in [0.1, 0.15) is 23.9 Å². The van der Waals surface area contributed by atoms with Gasteiger partial charge >= 0.3 is 0 Å². The van der Waals surface area contributed by atoms with Gasteiger partial charge in [-0.25, -0.2) is 9.67 Å². The van der Waals surface area contributed by atoms with Crippen molar-refractivity contribution in [3.05, 3.63) is 47.0 Å². The molecule has 7 nitrogen and oxygen atoms in total. The molecule has 0 aliphatic carbocycles. The van der Waals surface area contributed by atoms with Crippen LogP contribution in [-0.2, 0) is 17.7 Å². The van der Waals surface area contributed by atoms with E-state index in [0.29, 0.717) is 11.6 Å². The van der Waals surface area contributed by atoms with Crippen molar-refractivity contribution in [1.82, 2.24) is 25.4 Å². The van der Waals surface area contributed by atoms with E-state index < -0.39 is 0 Å². The fourth-order valence-corrected chi connectivity index (χ4v) is 3.07. The van der Waals surface area contributed by atoms with Gasteiger partial charge in [0.2, 0.25) is 0 Å². The number of ether oxygens (including phenoxy) is 1. The summed E-state index contributed by atoms with van der Waals surface area (Å²) in [5, 5.41) is 11.7. The first kappa shape index (κ1) is 17.7. The van der Waals surface area contributed by atoms with E-state index in [2.05, 4.69) is 25.7 Å². The number of halogens is 1. The number of aliphatic imine (C=N–C) groups is 1. The Hall–Kier alpha value is -2.12. The van der Waals surface area contributed by atoms with Crippen molar-refractivity contribution in [2.24, 2.45) is 4.99 Å². The van der Waals surface area contributed by atoms with Crippen molar-refractivity contribution in [3.63, 3.8) is 0 Å². The minimum Gasteiger partial charge on any atom is -0.375 e. The lowest BCUT2D eigenvalue weighted by molar-refractivity contribution is 0.106. The maximum atomic E-state index is 5.95. The summed E-state index contributed by atoms with van der Waals surface area (Å²) in [6.45, 7) is 1.40.